The first-order valence-electron chi connectivity index (χ1n) is 17.3. The summed E-state index contributed by atoms with van der Waals surface area (Å²) in [4.78, 5) is 4.11. The zero-order valence-corrected chi connectivity index (χ0v) is 29.1. The molecule has 43 heavy (non-hydrogen) atoms. The molecule has 0 saturated heterocycles. The summed E-state index contributed by atoms with van der Waals surface area (Å²) < 4.78 is 7.73. The molecular formula is C39H58N4. The van der Waals surface area contributed by atoms with Gasteiger partial charge in [-0.3, -0.25) is 0 Å². The number of rotatable bonds is 8. The molecule has 5 heterocycles. The Kier molecular flexibility index (Phi) is 8.24. The third-order valence-electron chi connectivity index (χ3n) is 12.9. The van der Waals surface area contributed by atoms with Crippen LogP contribution in [0, 0.1) is 0 Å². The Balaban J connectivity index is 1.96. The molecule has 1 aliphatic heterocycles. The van der Waals surface area contributed by atoms with E-state index in [1.165, 1.54) is 45.6 Å². The number of fused-ring (bicyclic) bond motifs is 8. The molecule has 234 valence electrons. The maximum atomic E-state index is 4.11. The summed E-state index contributed by atoms with van der Waals surface area (Å²) in [6, 6.07) is 19.5. The van der Waals surface area contributed by atoms with E-state index in [1.807, 2.05) is 0 Å². The van der Waals surface area contributed by atoms with Crippen LogP contribution in [0.2, 0.25) is 0 Å². The first kappa shape index (κ1) is 31.5. The lowest BCUT2D eigenvalue weighted by Crippen LogP contribution is -2.37. The summed E-state index contributed by atoms with van der Waals surface area (Å²) in [6.07, 6.45) is 8.45. The van der Waals surface area contributed by atoms with Gasteiger partial charge in [0.25, 0.3) is 0 Å². The number of hydrogen-bond acceptors (Lipinski definition) is 0. The molecule has 1 N–H and O–H groups in total. The molecule has 0 aliphatic carbocycles. The molecule has 5 rings (SSSR count). The molecule has 1 aliphatic rings. The average Bonchev–Trinajstić information content (AvgIpc) is 3.84. The summed E-state index contributed by atoms with van der Waals surface area (Å²) in [5.74, 6) is 0. The lowest BCUT2D eigenvalue weighted by atomic mass is 9.75. The fourth-order valence-corrected chi connectivity index (χ4v) is 9.84. The number of hydrogen-bond donors (Lipinski definition) is 1. The maximum absolute atomic E-state index is 4.11. The van der Waals surface area contributed by atoms with E-state index < -0.39 is 0 Å². The molecule has 0 unspecified atom stereocenters. The number of aromatic amines is 1. The van der Waals surface area contributed by atoms with E-state index in [-0.39, 0.29) is 21.7 Å². The molecule has 4 heteroatoms. The number of nitrogens with one attached hydrogen (secondary N) is 1. The Labute approximate surface area is 261 Å². The SMILES string of the molecule is CCC1(CC)c2ccc([nH]2)C(CC)(CC)c2ccc(n2C)C(CC)(CC)c2ccc(n2C)C(CC)(CC)c2ccc1n2C. The monoisotopic (exact) mass is 582 g/mol. The molecule has 0 aromatic carbocycles. The third-order valence-corrected chi connectivity index (χ3v) is 12.9. The van der Waals surface area contributed by atoms with Crippen LogP contribution < -0.4 is 0 Å². The van der Waals surface area contributed by atoms with Crippen LogP contribution in [-0.4, -0.2) is 18.7 Å². The zero-order valence-electron chi connectivity index (χ0n) is 29.1. The molecule has 0 amide bonds. The van der Waals surface area contributed by atoms with Gasteiger partial charge in [-0.25, -0.2) is 0 Å². The summed E-state index contributed by atoms with van der Waals surface area (Å²) >= 11 is 0. The van der Waals surface area contributed by atoms with Crippen LogP contribution in [0.15, 0.2) is 48.5 Å². The van der Waals surface area contributed by atoms with E-state index >= 15 is 0 Å². The lowest BCUT2D eigenvalue weighted by Gasteiger charge is -2.39. The van der Waals surface area contributed by atoms with Gasteiger partial charge in [-0.2, -0.15) is 0 Å². The Hall–Kier alpha value is -2.88. The molecule has 0 atom stereocenters. The van der Waals surface area contributed by atoms with E-state index in [1.54, 1.807) is 0 Å². The molecule has 4 nitrogen and oxygen atoms in total. The zero-order chi connectivity index (χ0) is 31.4. The number of nitrogens with zero attached hydrogens (tertiary/aromatic N) is 3. The molecule has 8 bridgehead atoms. The van der Waals surface area contributed by atoms with Crippen LogP contribution in [0.25, 0.3) is 0 Å². The fourth-order valence-electron chi connectivity index (χ4n) is 9.84. The predicted octanol–water partition coefficient (Wildman–Crippen LogP) is 9.77. The highest BCUT2D eigenvalue weighted by atomic mass is 15.1. The van der Waals surface area contributed by atoms with Gasteiger partial charge in [-0.15, -0.1) is 0 Å². The lowest BCUT2D eigenvalue weighted by molar-refractivity contribution is 0.376. The quantitative estimate of drug-likeness (QED) is 0.214. The second-order valence-corrected chi connectivity index (χ2v) is 13.4. The molecule has 0 fully saturated rings. The fraction of sp³-hybridized carbons (Fsp3) is 0.590. The summed E-state index contributed by atoms with van der Waals surface area (Å²) in [5.41, 5.74) is 11.0. The summed E-state index contributed by atoms with van der Waals surface area (Å²) in [7, 11) is 7.00. The summed E-state index contributed by atoms with van der Waals surface area (Å²) in [6.45, 7) is 19.0. The standard InChI is InChI=1S/C39H58N4/c1-12-36(13-2)28-20-21-29(40-28)37(14-3,15-4)31-23-25-33(42(31)10)39(18-7,19-8)35-27-26-34(43(35)11)38(16-5,17-6)32-24-22-30(36)41(32)9/h20-27,40H,12-19H2,1-11H3. The van der Waals surface area contributed by atoms with Gasteiger partial charge in [0.1, 0.15) is 0 Å². The highest BCUT2D eigenvalue weighted by Gasteiger charge is 2.45. The normalized spacial score (nSPS) is 18.2. The van der Waals surface area contributed by atoms with Crippen molar-refractivity contribution >= 4 is 0 Å². The molecule has 4 aromatic heterocycles. The van der Waals surface area contributed by atoms with Crippen molar-refractivity contribution in [1.29, 1.82) is 0 Å². The number of aromatic nitrogens is 4. The maximum Gasteiger partial charge on any atom is 0.0502 e. The third kappa shape index (κ3) is 3.93. The highest BCUT2D eigenvalue weighted by molar-refractivity contribution is 5.47. The smallest absolute Gasteiger partial charge is 0.0502 e. The highest BCUT2D eigenvalue weighted by Crippen LogP contribution is 2.49. The van der Waals surface area contributed by atoms with Crippen molar-refractivity contribution in [3.8, 4) is 0 Å². The summed E-state index contributed by atoms with van der Waals surface area (Å²) in [5, 5.41) is 0. The van der Waals surface area contributed by atoms with E-state index in [4.69, 9.17) is 0 Å². The Morgan fingerprint density at radius 1 is 0.372 bits per heavy atom. The van der Waals surface area contributed by atoms with Crippen LogP contribution in [0.1, 0.15) is 152 Å². The van der Waals surface area contributed by atoms with Crippen molar-refractivity contribution in [2.75, 3.05) is 0 Å². The van der Waals surface area contributed by atoms with Crippen molar-refractivity contribution in [3.05, 3.63) is 94.1 Å². The van der Waals surface area contributed by atoms with Crippen LogP contribution in [0.5, 0.6) is 0 Å². The second-order valence-electron chi connectivity index (χ2n) is 13.4. The van der Waals surface area contributed by atoms with Crippen molar-refractivity contribution in [3.63, 3.8) is 0 Å². The molecular weight excluding hydrogens is 524 g/mol. The van der Waals surface area contributed by atoms with Crippen LogP contribution in [0.4, 0.5) is 0 Å². The van der Waals surface area contributed by atoms with Gasteiger partial charge in [0.15, 0.2) is 0 Å². The van der Waals surface area contributed by atoms with E-state index in [2.05, 4.69) is 144 Å². The van der Waals surface area contributed by atoms with Gasteiger partial charge in [-0.05, 0) is 99.9 Å². The van der Waals surface area contributed by atoms with Crippen molar-refractivity contribution in [1.82, 2.24) is 18.7 Å². The van der Waals surface area contributed by atoms with Crippen LogP contribution in [-0.2, 0) is 42.8 Å². The first-order chi connectivity index (χ1) is 20.6. The largest absolute Gasteiger partial charge is 0.361 e. The van der Waals surface area contributed by atoms with Crippen molar-refractivity contribution in [2.24, 2.45) is 21.1 Å². The van der Waals surface area contributed by atoms with Gasteiger partial charge in [0.05, 0.1) is 10.8 Å². The minimum atomic E-state index is -0.0823. The predicted molar refractivity (Wildman–Crippen MR) is 182 cm³/mol. The topological polar surface area (TPSA) is 30.6 Å². The van der Waals surface area contributed by atoms with Crippen molar-refractivity contribution in [2.45, 2.75) is 128 Å². The molecule has 0 saturated carbocycles. The average molecular weight is 583 g/mol. The van der Waals surface area contributed by atoms with Gasteiger partial charge >= 0.3 is 0 Å². The van der Waals surface area contributed by atoms with Gasteiger partial charge < -0.3 is 18.7 Å². The van der Waals surface area contributed by atoms with Gasteiger partial charge in [-0.1, -0.05) is 55.4 Å². The van der Waals surface area contributed by atoms with Crippen molar-refractivity contribution < 1.29 is 0 Å². The van der Waals surface area contributed by atoms with Gasteiger partial charge in [0, 0.05) is 77.5 Å². The minimum absolute atomic E-state index is 0.0721. The van der Waals surface area contributed by atoms with E-state index in [0.717, 1.165) is 51.4 Å². The van der Waals surface area contributed by atoms with Gasteiger partial charge in [0.2, 0.25) is 0 Å². The Bertz CT molecular complexity index is 1440. The minimum Gasteiger partial charge on any atom is -0.361 e. The molecule has 0 spiro atoms. The van der Waals surface area contributed by atoms with E-state index in [0.29, 0.717) is 0 Å². The van der Waals surface area contributed by atoms with E-state index in [9.17, 15) is 0 Å². The molecule has 0 radical (unpaired) electrons. The number of H-pyrrole nitrogens is 1. The van der Waals surface area contributed by atoms with Crippen LogP contribution >= 0.6 is 0 Å². The first-order valence-corrected chi connectivity index (χ1v) is 17.3. The Morgan fingerprint density at radius 3 is 0.791 bits per heavy atom. The molecule has 4 aromatic rings. The van der Waals surface area contributed by atoms with Crippen LogP contribution in [0.3, 0.4) is 0 Å². The second kappa shape index (κ2) is 11.2. The Morgan fingerprint density at radius 2 is 0.581 bits per heavy atom.